The summed E-state index contributed by atoms with van der Waals surface area (Å²) in [7, 11) is -1.65. The molecule has 0 aliphatic heterocycles. The minimum absolute atomic E-state index is 0.0103. The maximum absolute atomic E-state index is 12.7. The number of benzene rings is 2. The Morgan fingerprint density at radius 2 is 1.74 bits per heavy atom. The van der Waals surface area contributed by atoms with E-state index in [1.54, 1.807) is 0 Å². The highest BCUT2D eigenvalue weighted by Crippen LogP contribution is 2.33. The highest BCUT2D eigenvalue weighted by Gasteiger charge is 2.31. The Kier molecular flexibility index (Phi) is 6.61. The van der Waals surface area contributed by atoms with Crippen LogP contribution in [0.3, 0.4) is 0 Å². The van der Waals surface area contributed by atoms with Crippen molar-refractivity contribution in [1.82, 2.24) is 0 Å². The highest BCUT2D eigenvalue weighted by molar-refractivity contribution is 7.84. The van der Waals surface area contributed by atoms with Gasteiger partial charge in [-0.3, -0.25) is 9.00 Å². The molecular formula is C17H13ClF3NO4S. The molecule has 1 amide bonds. The van der Waals surface area contributed by atoms with Crippen molar-refractivity contribution in [2.75, 3.05) is 11.1 Å². The molecule has 0 saturated carbocycles. The molecule has 2 rings (SSSR count). The Hall–Kier alpha value is -2.39. The summed E-state index contributed by atoms with van der Waals surface area (Å²) in [6, 6.07) is 8.15. The molecule has 27 heavy (non-hydrogen) atoms. The number of carbonyl (C=O) groups is 2. The van der Waals surface area contributed by atoms with E-state index in [9.17, 15) is 27.0 Å². The average molecular weight is 420 g/mol. The van der Waals surface area contributed by atoms with Gasteiger partial charge in [0.2, 0.25) is 5.91 Å². The van der Waals surface area contributed by atoms with Gasteiger partial charge in [-0.1, -0.05) is 23.7 Å². The van der Waals surface area contributed by atoms with Crippen LogP contribution in [0.2, 0.25) is 5.02 Å². The molecule has 2 N–H and O–H groups in total. The van der Waals surface area contributed by atoms with E-state index in [1.165, 1.54) is 24.3 Å². The Morgan fingerprint density at radius 3 is 2.30 bits per heavy atom. The number of aromatic carboxylic acids is 1. The van der Waals surface area contributed by atoms with Crippen LogP contribution in [0.25, 0.3) is 0 Å². The van der Waals surface area contributed by atoms with Gasteiger partial charge in [0, 0.05) is 16.6 Å². The average Bonchev–Trinajstić information content (AvgIpc) is 2.56. The van der Waals surface area contributed by atoms with Crippen molar-refractivity contribution in [3.8, 4) is 0 Å². The number of carbonyl (C=O) groups excluding carboxylic acids is 1. The molecule has 1 atom stereocenters. The van der Waals surface area contributed by atoms with Crippen LogP contribution in [-0.2, 0) is 27.5 Å². The number of hydrogen-bond donors (Lipinski definition) is 2. The van der Waals surface area contributed by atoms with Crippen LogP contribution in [0.4, 0.5) is 18.9 Å². The predicted molar refractivity (Wildman–Crippen MR) is 95.2 cm³/mol. The number of alkyl halides is 3. The van der Waals surface area contributed by atoms with Crippen molar-refractivity contribution in [2.24, 2.45) is 0 Å². The maximum atomic E-state index is 12.7. The van der Waals surface area contributed by atoms with Crippen molar-refractivity contribution in [1.29, 1.82) is 0 Å². The van der Waals surface area contributed by atoms with Gasteiger partial charge in [0.15, 0.2) is 0 Å². The zero-order valence-corrected chi connectivity index (χ0v) is 15.1. The van der Waals surface area contributed by atoms with Crippen LogP contribution in [0.5, 0.6) is 0 Å². The number of rotatable bonds is 6. The fourth-order valence-electron chi connectivity index (χ4n) is 2.11. The Morgan fingerprint density at radius 1 is 1.11 bits per heavy atom. The molecule has 0 fully saturated rings. The zero-order chi connectivity index (χ0) is 20.2. The van der Waals surface area contributed by atoms with Crippen molar-refractivity contribution < 1.29 is 32.1 Å². The van der Waals surface area contributed by atoms with Crippen molar-refractivity contribution in [2.45, 2.75) is 11.9 Å². The molecule has 0 radical (unpaired) electrons. The molecule has 0 aromatic heterocycles. The number of hydrogen-bond acceptors (Lipinski definition) is 3. The molecule has 10 heteroatoms. The van der Waals surface area contributed by atoms with Gasteiger partial charge in [-0.25, -0.2) is 4.79 Å². The Labute approximate surface area is 159 Å². The van der Waals surface area contributed by atoms with Gasteiger partial charge in [0.25, 0.3) is 0 Å². The zero-order valence-electron chi connectivity index (χ0n) is 13.5. The summed E-state index contributed by atoms with van der Waals surface area (Å²) in [6.07, 6.45) is -4.59. The topological polar surface area (TPSA) is 83.5 Å². The predicted octanol–water partition coefficient (Wildman–Crippen LogP) is 3.94. The monoisotopic (exact) mass is 419 g/mol. The maximum Gasteiger partial charge on any atom is 0.416 e. The van der Waals surface area contributed by atoms with E-state index in [0.717, 1.165) is 12.1 Å². The van der Waals surface area contributed by atoms with E-state index in [-0.39, 0.29) is 22.0 Å². The first kappa shape index (κ1) is 20.9. The largest absolute Gasteiger partial charge is 0.478 e. The van der Waals surface area contributed by atoms with Crippen LogP contribution in [0.1, 0.15) is 21.5 Å². The van der Waals surface area contributed by atoms with Crippen molar-refractivity contribution in [3.05, 3.63) is 64.2 Å². The first-order chi connectivity index (χ1) is 12.6. The molecule has 2 aromatic carbocycles. The van der Waals surface area contributed by atoms with Crippen LogP contribution < -0.4 is 5.32 Å². The number of amides is 1. The molecular weight excluding hydrogens is 407 g/mol. The van der Waals surface area contributed by atoms with E-state index >= 15 is 0 Å². The lowest BCUT2D eigenvalue weighted by Crippen LogP contribution is -2.21. The molecule has 0 heterocycles. The summed E-state index contributed by atoms with van der Waals surface area (Å²) in [6.45, 7) is 0. The number of halogens is 4. The lowest BCUT2D eigenvalue weighted by molar-refractivity contribution is -0.137. The fraction of sp³-hybridized carbons (Fsp3) is 0.176. The number of carboxylic acids is 1. The third-order valence-corrected chi connectivity index (χ3v) is 4.96. The Bertz CT molecular complexity index is 885. The van der Waals surface area contributed by atoms with Gasteiger partial charge in [0.1, 0.15) is 5.75 Å². The van der Waals surface area contributed by atoms with Gasteiger partial charge in [-0.05, 0) is 35.9 Å². The minimum atomic E-state index is -4.59. The lowest BCUT2D eigenvalue weighted by Gasteiger charge is -2.11. The highest BCUT2D eigenvalue weighted by atomic mass is 35.5. The third-order valence-electron chi connectivity index (χ3n) is 3.39. The minimum Gasteiger partial charge on any atom is -0.478 e. The molecule has 0 bridgehead atoms. The first-order valence-corrected chi connectivity index (χ1v) is 9.26. The molecule has 0 aliphatic carbocycles. The van der Waals surface area contributed by atoms with Gasteiger partial charge in [-0.2, -0.15) is 13.2 Å². The van der Waals surface area contributed by atoms with Crippen LogP contribution in [-0.4, -0.2) is 26.9 Å². The standard InChI is InChI=1S/C17H13ClF3NO4S/c18-13-6-5-12(17(19,20)21)7-14(13)22-15(23)9-27(26)8-10-1-3-11(4-2-10)16(24)25/h1-7H,8-9H2,(H,22,23)(H,24,25). The van der Waals surface area contributed by atoms with Crippen molar-refractivity contribution in [3.63, 3.8) is 0 Å². The SMILES string of the molecule is O=C(CS(=O)Cc1ccc(C(=O)O)cc1)Nc1cc(C(F)(F)F)ccc1Cl. The van der Waals surface area contributed by atoms with E-state index in [4.69, 9.17) is 16.7 Å². The summed E-state index contributed by atoms with van der Waals surface area (Å²) < 4.78 is 50.2. The molecule has 2 aromatic rings. The molecule has 5 nitrogen and oxygen atoms in total. The summed E-state index contributed by atoms with van der Waals surface area (Å²) in [5.41, 5.74) is -0.564. The summed E-state index contributed by atoms with van der Waals surface area (Å²) in [5.74, 6) is -2.31. The van der Waals surface area contributed by atoms with E-state index < -0.39 is 40.2 Å². The van der Waals surface area contributed by atoms with Gasteiger partial charge < -0.3 is 10.4 Å². The van der Waals surface area contributed by atoms with E-state index in [2.05, 4.69) is 5.32 Å². The first-order valence-electron chi connectivity index (χ1n) is 7.40. The molecule has 1 unspecified atom stereocenters. The smallest absolute Gasteiger partial charge is 0.416 e. The van der Waals surface area contributed by atoms with Crippen LogP contribution in [0, 0.1) is 0 Å². The van der Waals surface area contributed by atoms with Gasteiger partial charge in [0.05, 0.1) is 21.8 Å². The number of anilines is 1. The molecule has 0 aliphatic rings. The summed E-state index contributed by atoms with van der Waals surface area (Å²) in [5, 5.41) is 11.0. The normalized spacial score (nSPS) is 12.4. The number of carboxylic acid groups (broad SMARTS) is 1. The lowest BCUT2D eigenvalue weighted by atomic mass is 10.1. The third kappa shape index (κ3) is 6.07. The molecule has 0 spiro atoms. The van der Waals surface area contributed by atoms with Crippen molar-refractivity contribution >= 4 is 40.0 Å². The molecule has 0 saturated heterocycles. The summed E-state index contributed by atoms with van der Waals surface area (Å²) in [4.78, 5) is 22.7. The van der Waals surface area contributed by atoms with Gasteiger partial charge >= 0.3 is 12.1 Å². The second-order valence-corrected chi connectivity index (χ2v) is 7.34. The second-order valence-electron chi connectivity index (χ2n) is 5.47. The Balaban J connectivity index is 1.99. The van der Waals surface area contributed by atoms with Crippen LogP contribution >= 0.6 is 11.6 Å². The van der Waals surface area contributed by atoms with Gasteiger partial charge in [-0.15, -0.1) is 0 Å². The molecule has 144 valence electrons. The number of nitrogens with one attached hydrogen (secondary N) is 1. The summed E-state index contributed by atoms with van der Waals surface area (Å²) >= 11 is 5.79. The van der Waals surface area contributed by atoms with E-state index in [1.807, 2.05) is 0 Å². The quantitative estimate of drug-likeness (QED) is 0.742. The fourth-order valence-corrected chi connectivity index (χ4v) is 3.31. The van der Waals surface area contributed by atoms with E-state index in [0.29, 0.717) is 11.6 Å². The second kappa shape index (κ2) is 8.53. The van der Waals surface area contributed by atoms with Crippen LogP contribution in [0.15, 0.2) is 42.5 Å².